The fraction of sp³-hybridized carbons (Fsp3) is 0.929. The zero-order valence-electron chi connectivity index (χ0n) is 11.5. The molecule has 3 heteroatoms. The summed E-state index contributed by atoms with van der Waals surface area (Å²) in [6.07, 6.45) is 7.62. The summed E-state index contributed by atoms with van der Waals surface area (Å²) >= 11 is 0. The van der Waals surface area contributed by atoms with E-state index in [9.17, 15) is 4.79 Å². The summed E-state index contributed by atoms with van der Waals surface area (Å²) in [5.41, 5.74) is 0.411. The Balaban J connectivity index is 2.05. The van der Waals surface area contributed by atoms with Crippen molar-refractivity contribution in [1.29, 1.82) is 0 Å². The highest BCUT2D eigenvalue weighted by Crippen LogP contribution is 2.42. The predicted molar refractivity (Wildman–Crippen MR) is 69.6 cm³/mol. The number of nitrogens with zero attached hydrogens (tertiary/aromatic N) is 1. The maximum absolute atomic E-state index is 12.3. The topological polar surface area (TPSA) is 32.3 Å². The van der Waals surface area contributed by atoms with E-state index < -0.39 is 0 Å². The Morgan fingerprint density at radius 3 is 2.47 bits per heavy atom. The third-order valence-corrected chi connectivity index (χ3v) is 4.82. The molecule has 0 aromatic carbocycles. The van der Waals surface area contributed by atoms with E-state index in [1.165, 1.54) is 32.1 Å². The van der Waals surface area contributed by atoms with Crippen molar-refractivity contribution in [3.63, 3.8) is 0 Å². The lowest BCUT2D eigenvalue weighted by atomic mass is 9.82. The van der Waals surface area contributed by atoms with Crippen molar-refractivity contribution in [2.45, 2.75) is 71.5 Å². The van der Waals surface area contributed by atoms with Gasteiger partial charge in [0.05, 0.1) is 12.2 Å². The quantitative estimate of drug-likeness (QED) is 0.816. The molecule has 1 N–H and O–H groups in total. The molecule has 2 fully saturated rings. The van der Waals surface area contributed by atoms with Gasteiger partial charge in [0.15, 0.2) is 0 Å². The van der Waals surface area contributed by atoms with E-state index in [0.717, 1.165) is 13.0 Å². The van der Waals surface area contributed by atoms with E-state index >= 15 is 0 Å². The van der Waals surface area contributed by atoms with Gasteiger partial charge in [0, 0.05) is 6.54 Å². The van der Waals surface area contributed by atoms with Crippen LogP contribution in [-0.4, -0.2) is 29.6 Å². The Labute approximate surface area is 105 Å². The van der Waals surface area contributed by atoms with E-state index in [0.29, 0.717) is 11.3 Å². The lowest BCUT2D eigenvalue weighted by Gasteiger charge is -2.34. The summed E-state index contributed by atoms with van der Waals surface area (Å²) in [7, 11) is 0. The average Bonchev–Trinajstić information content (AvgIpc) is 2.90. The van der Waals surface area contributed by atoms with Crippen LogP contribution in [0.2, 0.25) is 0 Å². The van der Waals surface area contributed by atoms with Crippen LogP contribution < -0.4 is 5.32 Å². The van der Waals surface area contributed by atoms with Crippen molar-refractivity contribution < 1.29 is 4.79 Å². The zero-order chi connectivity index (χ0) is 12.5. The van der Waals surface area contributed by atoms with Crippen LogP contribution in [0.25, 0.3) is 0 Å². The van der Waals surface area contributed by atoms with Crippen LogP contribution in [0.4, 0.5) is 0 Å². The van der Waals surface area contributed by atoms with Gasteiger partial charge in [0.1, 0.15) is 0 Å². The monoisotopic (exact) mass is 238 g/mol. The fourth-order valence-corrected chi connectivity index (χ4v) is 3.46. The van der Waals surface area contributed by atoms with Gasteiger partial charge >= 0.3 is 0 Å². The summed E-state index contributed by atoms with van der Waals surface area (Å²) in [5.74, 6) is 0.319. The third kappa shape index (κ3) is 2.35. The van der Waals surface area contributed by atoms with E-state index in [1.807, 2.05) is 0 Å². The molecule has 1 heterocycles. The van der Waals surface area contributed by atoms with Crippen LogP contribution in [-0.2, 0) is 4.79 Å². The number of carbonyl (C=O) groups is 1. The van der Waals surface area contributed by atoms with Crippen molar-refractivity contribution >= 4 is 5.91 Å². The molecule has 0 spiro atoms. The van der Waals surface area contributed by atoms with Crippen LogP contribution in [0.15, 0.2) is 0 Å². The van der Waals surface area contributed by atoms with E-state index in [4.69, 9.17) is 0 Å². The van der Waals surface area contributed by atoms with Gasteiger partial charge in [-0.25, -0.2) is 0 Å². The van der Waals surface area contributed by atoms with Gasteiger partial charge in [-0.1, -0.05) is 26.7 Å². The van der Waals surface area contributed by atoms with Gasteiger partial charge in [0.2, 0.25) is 5.91 Å². The van der Waals surface area contributed by atoms with E-state index in [1.54, 1.807) is 0 Å². The molecular formula is C14H26N2O. The van der Waals surface area contributed by atoms with Crippen molar-refractivity contribution in [1.82, 2.24) is 10.2 Å². The van der Waals surface area contributed by atoms with Crippen LogP contribution in [0.1, 0.15) is 59.3 Å². The highest BCUT2D eigenvalue weighted by atomic mass is 16.2. The smallest absolute Gasteiger partial charge is 0.241 e. The second-order valence-electron chi connectivity index (χ2n) is 5.83. The number of amides is 1. The minimum atomic E-state index is 0.0558. The van der Waals surface area contributed by atoms with E-state index in [-0.39, 0.29) is 12.2 Å². The molecule has 3 nitrogen and oxygen atoms in total. The lowest BCUT2D eigenvalue weighted by Crippen LogP contribution is -2.42. The average molecular weight is 238 g/mol. The number of hydrogen-bond donors (Lipinski definition) is 1. The highest BCUT2D eigenvalue weighted by molar-refractivity contribution is 5.84. The first-order valence-corrected chi connectivity index (χ1v) is 7.18. The lowest BCUT2D eigenvalue weighted by molar-refractivity contribution is -0.131. The minimum Gasteiger partial charge on any atom is -0.326 e. The summed E-state index contributed by atoms with van der Waals surface area (Å²) in [6.45, 7) is 7.44. The maximum atomic E-state index is 12.3. The van der Waals surface area contributed by atoms with Gasteiger partial charge in [-0.2, -0.15) is 0 Å². The third-order valence-electron chi connectivity index (χ3n) is 4.82. The van der Waals surface area contributed by atoms with Crippen molar-refractivity contribution in [3.8, 4) is 0 Å². The molecule has 1 saturated heterocycles. The molecule has 98 valence electrons. The summed E-state index contributed by atoms with van der Waals surface area (Å²) in [4.78, 5) is 14.3. The van der Waals surface area contributed by atoms with Crippen LogP contribution in [0.5, 0.6) is 0 Å². The zero-order valence-corrected chi connectivity index (χ0v) is 11.5. The Bertz CT molecular complexity index is 284. The molecule has 2 aliphatic rings. The van der Waals surface area contributed by atoms with Gasteiger partial charge in [-0.15, -0.1) is 0 Å². The van der Waals surface area contributed by atoms with Gasteiger partial charge < -0.3 is 4.90 Å². The predicted octanol–water partition coefficient (Wildman–Crippen LogP) is 2.51. The Kier molecular flexibility index (Phi) is 3.76. The Morgan fingerprint density at radius 1 is 1.35 bits per heavy atom. The van der Waals surface area contributed by atoms with Gasteiger partial charge in [-0.05, 0) is 38.0 Å². The Hall–Kier alpha value is -0.570. The molecule has 0 radical (unpaired) electrons. The molecule has 17 heavy (non-hydrogen) atoms. The molecule has 1 amide bonds. The second kappa shape index (κ2) is 4.97. The van der Waals surface area contributed by atoms with Crippen LogP contribution in [0, 0.1) is 5.41 Å². The second-order valence-corrected chi connectivity index (χ2v) is 5.83. The first-order chi connectivity index (χ1) is 8.12. The van der Waals surface area contributed by atoms with Gasteiger partial charge in [-0.3, -0.25) is 10.1 Å². The normalized spacial score (nSPS) is 32.4. The molecule has 0 aromatic rings. The minimum absolute atomic E-state index is 0.0558. The Morgan fingerprint density at radius 2 is 2.00 bits per heavy atom. The standard InChI is InChI=1S/C14H26N2O/c1-4-12-13(17)16(11(3)15-12)10-14(5-2)8-6-7-9-14/h11-12,15H,4-10H2,1-3H3. The molecule has 1 aliphatic carbocycles. The van der Waals surface area contributed by atoms with Crippen LogP contribution >= 0.6 is 0 Å². The van der Waals surface area contributed by atoms with Crippen molar-refractivity contribution in [2.75, 3.05) is 6.54 Å². The number of hydrogen-bond acceptors (Lipinski definition) is 2. The van der Waals surface area contributed by atoms with Gasteiger partial charge in [0.25, 0.3) is 0 Å². The summed E-state index contributed by atoms with van der Waals surface area (Å²) in [6, 6.07) is 0.0558. The fourth-order valence-electron chi connectivity index (χ4n) is 3.46. The number of rotatable bonds is 4. The largest absolute Gasteiger partial charge is 0.326 e. The first kappa shape index (κ1) is 12.9. The SMILES string of the molecule is CCC1NC(C)N(CC2(CC)CCCC2)C1=O. The molecule has 1 aliphatic heterocycles. The van der Waals surface area contributed by atoms with Crippen molar-refractivity contribution in [2.24, 2.45) is 5.41 Å². The molecule has 2 atom stereocenters. The molecule has 1 saturated carbocycles. The van der Waals surface area contributed by atoms with Crippen LogP contribution in [0.3, 0.4) is 0 Å². The molecular weight excluding hydrogens is 212 g/mol. The summed E-state index contributed by atoms with van der Waals surface area (Å²) in [5, 5.41) is 3.40. The number of nitrogens with one attached hydrogen (secondary N) is 1. The maximum Gasteiger partial charge on any atom is 0.241 e. The van der Waals surface area contributed by atoms with Crippen molar-refractivity contribution in [3.05, 3.63) is 0 Å². The highest BCUT2D eigenvalue weighted by Gasteiger charge is 2.41. The molecule has 2 rings (SSSR count). The summed E-state index contributed by atoms with van der Waals surface area (Å²) < 4.78 is 0. The molecule has 0 aromatic heterocycles. The number of carbonyl (C=O) groups excluding carboxylic acids is 1. The molecule has 0 bridgehead atoms. The van der Waals surface area contributed by atoms with E-state index in [2.05, 4.69) is 31.0 Å². The molecule has 2 unspecified atom stereocenters. The first-order valence-electron chi connectivity index (χ1n) is 7.18.